The van der Waals surface area contributed by atoms with Gasteiger partial charge in [-0.3, -0.25) is 9.59 Å². The minimum atomic E-state index is -1.24. The second-order valence-corrected chi connectivity index (χ2v) is 10.6. The summed E-state index contributed by atoms with van der Waals surface area (Å²) in [6.07, 6.45) is 3.51. The molecule has 2 N–H and O–H groups in total. The normalized spacial score (nSPS) is 36.0. The Morgan fingerprint density at radius 2 is 1.88 bits per heavy atom. The van der Waals surface area contributed by atoms with Gasteiger partial charge in [-0.25, -0.2) is 4.98 Å². The summed E-state index contributed by atoms with van der Waals surface area (Å²) in [4.78, 5) is 30.3. The number of aliphatic hydroxyl groups excluding tert-OH is 2. The van der Waals surface area contributed by atoms with Gasteiger partial charge in [0.25, 0.3) is 0 Å². The van der Waals surface area contributed by atoms with Gasteiger partial charge in [0, 0.05) is 19.3 Å². The van der Waals surface area contributed by atoms with Gasteiger partial charge in [0.15, 0.2) is 5.89 Å². The molecule has 8 heteroatoms. The van der Waals surface area contributed by atoms with Crippen LogP contribution in [0.15, 0.2) is 16.3 Å². The van der Waals surface area contributed by atoms with Crippen molar-refractivity contribution >= 4 is 17.8 Å². The second kappa shape index (κ2) is 10.7. The van der Waals surface area contributed by atoms with Gasteiger partial charge in [-0.2, -0.15) is 0 Å². The molecule has 2 aliphatic rings. The van der Waals surface area contributed by atoms with E-state index in [4.69, 9.17) is 13.9 Å². The van der Waals surface area contributed by atoms with Crippen molar-refractivity contribution in [1.82, 2.24) is 4.98 Å². The molecule has 0 unspecified atom stereocenters. The third-order valence-electron chi connectivity index (χ3n) is 7.41. The molecule has 0 aliphatic carbocycles. The first-order valence-electron chi connectivity index (χ1n) is 12.3. The van der Waals surface area contributed by atoms with Crippen molar-refractivity contribution in [3.63, 3.8) is 0 Å². The summed E-state index contributed by atoms with van der Waals surface area (Å²) in [5, 5.41) is 21.6. The van der Waals surface area contributed by atoms with Crippen molar-refractivity contribution in [2.45, 2.75) is 104 Å². The maximum atomic E-state index is 13.2. The number of aromatic nitrogens is 1. The van der Waals surface area contributed by atoms with E-state index in [2.05, 4.69) is 4.98 Å². The van der Waals surface area contributed by atoms with Gasteiger partial charge in [0.1, 0.15) is 23.8 Å². The van der Waals surface area contributed by atoms with Gasteiger partial charge in [-0.15, -0.1) is 0 Å². The van der Waals surface area contributed by atoms with Gasteiger partial charge < -0.3 is 24.1 Å². The Morgan fingerprint density at radius 1 is 1.18 bits per heavy atom. The third kappa shape index (κ3) is 6.34. The minimum Gasteiger partial charge on any atom is -0.458 e. The van der Waals surface area contributed by atoms with Gasteiger partial charge in [-0.1, -0.05) is 34.1 Å². The molecule has 190 valence electrons. The fraction of sp³-hybridized carbons (Fsp3) is 0.731. The average Bonchev–Trinajstić information content (AvgIpc) is 3.38. The van der Waals surface area contributed by atoms with E-state index in [1.165, 1.54) is 0 Å². The summed E-state index contributed by atoms with van der Waals surface area (Å²) in [6.45, 7) is 10.5. The predicted octanol–water partition coefficient (Wildman–Crippen LogP) is 3.62. The van der Waals surface area contributed by atoms with Gasteiger partial charge >= 0.3 is 5.97 Å². The predicted molar refractivity (Wildman–Crippen MR) is 126 cm³/mol. The summed E-state index contributed by atoms with van der Waals surface area (Å²) >= 11 is 0. The lowest BCUT2D eigenvalue weighted by molar-refractivity contribution is -0.154. The molecule has 8 nitrogen and oxygen atoms in total. The number of carbonyl (C=O) groups excluding carboxylic acids is 2. The Balaban J connectivity index is 1.81. The molecular weight excluding hydrogens is 438 g/mol. The molecule has 0 radical (unpaired) electrons. The van der Waals surface area contributed by atoms with E-state index >= 15 is 0 Å². The molecule has 34 heavy (non-hydrogen) atoms. The number of aliphatic hydroxyl groups is 2. The second-order valence-electron chi connectivity index (χ2n) is 10.6. The number of hydrogen-bond acceptors (Lipinski definition) is 8. The lowest BCUT2D eigenvalue weighted by atomic mass is 9.73. The Morgan fingerprint density at radius 3 is 2.53 bits per heavy atom. The Labute approximate surface area is 201 Å². The van der Waals surface area contributed by atoms with Crippen molar-refractivity contribution in [3.05, 3.63) is 23.4 Å². The molecule has 2 fully saturated rings. The zero-order valence-corrected chi connectivity index (χ0v) is 21.1. The van der Waals surface area contributed by atoms with E-state index in [9.17, 15) is 19.8 Å². The summed E-state index contributed by atoms with van der Waals surface area (Å²) in [7, 11) is 0. The molecular formula is C26H39NO7. The van der Waals surface area contributed by atoms with Crippen LogP contribution in [0.4, 0.5) is 0 Å². The van der Waals surface area contributed by atoms with Crippen LogP contribution in [0.1, 0.15) is 78.3 Å². The van der Waals surface area contributed by atoms with Crippen LogP contribution in [0.3, 0.4) is 0 Å². The number of hydrogen-bond donors (Lipinski definition) is 2. The van der Waals surface area contributed by atoms with E-state index in [-0.39, 0.29) is 30.3 Å². The van der Waals surface area contributed by atoms with Gasteiger partial charge in [0.2, 0.25) is 0 Å². The van der Waals surface area contributed by atoms with E-state index < -0.39 is 35.6 Å². The number of rotatable bonds is 2. The molecule has 0 spiro atoms. The number of carbonyl (C=O) groups is 2. The summed E-state index contributed by atoms with van der Waals surface area (Å²) < 4.78 is 16.9. The molecule has 0 amide bonds. The van der Waals surface area contributed by atoms with Crippen LogP contribution in [-0.4, -0.2) is 57.5 Å². The van der Waals surface area contributed by atoms with E-state index in [0.29, 0.717) is 18.0 Å². The highest BCUT2D eigenvalue weighted by atomic mass is 16.6. The number of Topliss-reactive ketones (excluding diaryl/α,β-unsaturated/α-hetero) is 1. The fourth-order valence-corrected chi connectivity index (χ4v) is 4.78. The monoisotopic (exact) mass is 477 g/mol. The van der Waals surface area contributed by atoms with Crippen molar-refractivity contribution in [2.75, 3.05) is 0 Å². The topological polar surface area (TPSA) is 122 Å². The molecule has 7 atom stereocenters. The van der Waals surface area contributed by atoms with Crippen molar-refractivity contribution < 1.29 is 33.7 Å². The molecule has 3 heterocycles. The van der Waals surface area contributed by atoms with Gasteiger partial charge in [-0.05, 0) is 37.3 Å². The first kappa shape index (κ1) is 26.6. The van der Waals surface area contributed by atoms with Crippen LogP contribution >= 0.6 is 0 Å². The number of epoxide rings is 1. The quantitative estimate of drug-likeness (QED) is 0.489. The minimum absolute atomic E-state index is 0.0183. The molecule has 1 aromatic heterocycles. The van der Waals surface area contributed by atoms with Crippen molar-refractivity contribution in [2.24, 2.45) is 17.3 Å². The fourth-order valence-electron chi connectivity index (χ4n) is 4.78. The highest BCUT2D eigenvalue weighted by Gasteiger charge is 2.44. The highest BCUT2D eigenvalue weighted by Crippen LogP contribution is 2.36. The third-order valence-corrected chi connectivity index (χ3v) is 7.41. The number of nitrogens with zero attached hydrogens (tertiary/aromatic N) is 1. The van der Waals surface area contributed by atoms with Crippen LogP contribution < -0.4 is 0 Å². The first-order valence-corrected chi connectivity index (χ1v) is 12.3. The first-order chi connectivity index (χ1) is 15.9. The van der Waals surface area contributed by atoms with Crippen molar-refractivity contribution in [3.8, 4) is 0 Å². The van der Waals surface area contributed by atoms with Crippen LogP contribution in [0.2, 0.25) is 0 Å². The molecule has 2 saturated heterocycles. The average molecular weight is 478 g/mol. The lowest BCUT2D eigenvalue weighted by Gasteiger charge is -2.34. The molecule has 1 aromatic rings. The smallest absolute Gasteiger partial charge is 0.309 e. The van der Waals surface area contributed by atoms with E-state index in [0.717, 1.165) is 24.8 Å². The summed E-state index contributed by atoms with van der Waals surface area (Å²) in [5.74, 6) is -1.03. The number of oxazole rings is 1. The lowest BCUT2D eigenvalue weighted by Crippen LogP contribution is -2.45. The van der Waals surface area contributed by atoms with E-state index in [1.54, 1.807) is 34.0 Å². The Kier molecular flexibility index (Phi) is 8.37. The Hall–Kier alpha value is -2.03. The Bertz CT molecular complexity index is 905. The molecule has 0 bridgehead atoms. The van der Waals surface area contributed by atoms with Crippen LogP contribution in [-0.2, 0) is 19.1 Å². The zero-order valence-electron chi connectivity index (χ0n) is 21.1. The number of ether oxygens (including phenoxy) is 2. The van der Waals surface area contributed by atoms with Crippen molar-refractivity contribution in [1.29, 1.82) is 0 Å². The van der Waals surface area contributed by atoms with Crippen LogP contribution in [0.5, 0.6) is 0 Å². The van der Waals surface area contributed by atoms with E-state index in [1.807, 2.05) is 19.9 Å². The summed E-state index contributed by atoms with van der Waals surface area (Å²) in [6, 6.07) is 0. The van der Waals surface area contributed by atoms with Crippen LogP contribution in [0, 0.1) is 24.2 Å². The molecule has 2 aliphatic heterocycles. The number of fused-ring (bicyclic) bond motifs is 1. The standard InChI is InChI=1S/C26H39NO7/c1-14-8-7-9-19-21(33-19)11-20(15(2)10-18-13-32-17(4)27-18)34-23(29)12-22(28)26(5,6)25(31)16(3)24(14)30/h10,13-14,16,19-22,24,28,30H,7-9,11-12H2,1-6H3/b15-10+/t14-,16-,19+,20-,21+,22-,24+/m0/s1. The maximum absolute atomic E-state index is 13.2. The maximum Gasteiger partial charge on any atom is 0.309 e. The SMILES string of the molecule is C/C(=C\c1coc(C)n1)[C@@H]1C[C@H]2O[C@@H]2CCC[C@H](C)[C@@H](O)[C@H](C)C(=O)C(C)(C)[C@@H](O)CC(=O)O1. The highest BCUT2D eigenvalue weighted by molar-refractivity contribution is 5.88. The number of ketones is 1. The number of aryl methyl sites for hydroxylation is 1. The molecule has 3 rings (SSSR count). The largest absolute Gasteiger partial charge is 0.458 e. The molecule has 0 saturated carbocycles. The molecule has 0 aromatic carbocycles. The zero-order chi connectivity index (χ0) is 25.2. The number of cyclic esters (lactones) is 1. The van der Waals surface area contributed by atoms with Crippen LogP contribution in [0.25, 0.3) is 6.08 Å². The van der Waals surface area contributed by atoms with Gasteiger partial charge in [0.05, 0.1) is 36.3 Å². The summed E-state index contributed by atoms with van der Waals surface area (Å²) in [5.41, 5.74) is 0.228. The number of esters is 1.